The maximum Gasteiger partial charge on any atom is 0.234 e. The van der Waals surface area contributed by atoms with Crippen LogP contribution in [0.4, 0.5) is 11.4 Å². The van der Waals surface area contributed by atoms with E-state index in [1.54, 1.807) is 34.9 Å². The van der Waals surface area contributed by atoms with Crippen LogP contribution in [0, 0.1) is 6.92 Å². The fourth-order valence-electron chi connectivity index (χ4n) is 2.80. The highest BCUT2D eigenvalue weighted by Gasteiger charge is 2.16. The lowest BCUT2D eigenvalue weighted by Gasteiger charge is -2.09. The van der Waals surface area contributed by atoms with E-state index >= 15 is 0 Å². The zero-order valence-electron chi connectivity index (χ0n) is 17.0. The minimum Gasteiger partial charge on any atom is -0.326 e. The van der Waals surface area contributed by atoms with E-state index in [4.69, 9.17) is 11.6 Å². The molecule has 2 amide bonds. The number of amides is 2. The quantitative estimate of drug-likeness (QED) is 0.370. The van der Waals surface area contributed by atoms with E-state index in [2.05, 4.69) is 27.4 Å². The molecule has 0 saturated carbocycles. The number of carbonyl (C=O) groups excluding carboxylic acids is 2. The smallest absolute Gasteiger partial charge is 0.234 e. The van der Waals surface area contributed by atoms with Crippen LogP contribution in [0.25, 0.3) is 0 Å². The number of carbonyl (C=O) groups is 2. The van der Waals surface area contributed by atoms with E-state index in [1.165, 1.54) is 11.8 Å². The molecular weight excluding hydrogens is 434 g/mol. The van der Waals surface area contributed by atoms with Crippen molar-refractivity contribution >= 4 is 46.6 Å². The SMILES string of the molecule is C=CCn1c(CC(=O)Nc2cccc(C)c2)nnc1SCC(=O)Nc1ccc(Cl)cc1. The van der Waals surface area contributed by atoms with Gasteiger partial charge in [-0.05, 0) is 48.9 Å². The van der Waals surface area contributed by atoms with Gasteiger partial charge in [0.05, 0.1) is 12.2 Å². The largest absolute Gasteiger partial charge is 0.326 e. The Morgan fingerprint density at radius 2 is 1.84 bits per heavy atom. The lowest BCUT2D eigenvalue weighted by Crippen LogP contribution is -2.18. The lowest BCUT2D eigenvalue weighted by atomic mass is 10.2. The van der Waals surface area contributed by atoms with Gasteiger partial charge in [-0.2, -0.15) is 0 Å². The van der Waals surface area contributed by atoms with Gasteiger partial charge in [-0.1, -0.05) is 41.6 Å². The normalized spacial score (nSPS) is 10.5. The molecule has 160 valence electrons. The highest BCUT2D eigenvalue weighted by Crippen LogP contribution is 2.19. The number of aryl methyl sites for hydroxylation is 1. The molecule has 3 aromatic rings. The Balaban J connectivity index is 1.61. The monoisotopic (exact) mass is 455 g/mol. The van der Waals surface area contributed by atoms with Crippen LogP contribution >= 0.6 is 23.4 Å². The van der Waals surface area contributed by atoms with Crippen molar-refractivity contribution in [3.8, 4) is 0 Å². The molecule has 0 fully saturated rings. The van der Waals surface area contributed by atoms with Gasteiger partial charge in [0.1, 0.15) is 5.82 Å². The molecule has 0 spiro atoms. The molecule has 1 heterocycles. The molecule has 0 bridgehead atoms. The Morgan fingerprint density at radius 1 is 1.10 bits per heavy atom. The Kier molecular flexibility index (Phi) is 7.86. The van der Waals surface area contributed by atoms with Crippen molar-refractivity contribution in [2.45, 2.75) is 25.0 Å². The van der Waals surface area contributed by atoms with Gasteiger partial charge in [0.25, 0.3) is 0 Å². The summed E-state index contributed by atoms with van der Waals surface area (Å²) >= 11 is 7.10. The number of anilines is 2. The minimum absolute atomic E-state index is 0.0618. The third-order valence-electron chi connectivity index (χ3n) is 4.19. The first-order valence-corrected chi connectivity index (χ1v) is 10.9. The summed E-state index contributed by atoms with van der Waals surface area (Å²) in [6.45, 7) is 6.15. The summed E-state index contributed by atoms with van der Waals surface area (Å²) in [6, 6.07) is 14.5. The number of thioether (sulfide) groups is 1. The second-order valence-electron chi connectivity index (χ2n) is 6.74. The van der Waals surface area contributed by atoms with Crippen molar-refractivity contribution in [2.24, 2.45) is 0 Å². The molecule has 1 aromatic heterocycles. The Labute approximate surface area is 189 Å². The number of halogens is 1. The van der Waals surface area contributed by atoms with Crippen LogP contribution in [-0.4, -0.2) is 32.3 Å². The number of hydrogen-bond donors (Lipinski definition) is 2. The highest BCUT2D eigenvalue weighted by atomic mass is 35.5. The van der Waals surface area contributed by atoms with E-state index in [1.807, 2.05) is 31.2 Å². The third-order valence-corrected chi connectivity index (χ3v) is 5.40. The summed E-state index contributed by atoms with van der Waals surface area (Å²) in [6.07, 6.45) is 1.76. The molecule has 9 heteroatoms. The highest BCUT2D eigenvalue weighted by molar-refractivity contribution is 7.99. The van der Waals surface area contributed by atoms with Gasteiger partial charge in [0, 0.05) is 22.9 Å². The molecule has 0 unspecified atom stereocenters. The van der Waals surface area contributed by atoms with E-state index in [0.717, 1.165) is 11.3 Å². The van der Waals surface area contributed by atoms with E-state index in [9.17, 15) is 9.59 Å². The number of allylic oxidation sites excluding steroid dienone is 1. The number of rotatable bonds is 9. The second-order valence-corrected chi connectivity index (χ2v) is 8.12. The predicted octanol–water partition coefficient (Wildman–Crippen LogP) is 4.34. The summed E-state index contributed by atoms with van der Waals surface area (Å²) in [5.41, 5.74) is 2.45. The van der Waals surface area contributed by atoms with Crippen LogP contribution in [0.1, 0.15) is 11.4 Å². The molecule has 0 radical (unpaired) electrons. The fraction of sp³-hybridized carbons (Fsp3) is 0.182. The lowest BCUT2D eigenvalue weighted by molar-refractivity contribution is -0.116. The molecule has 2 N–H and O–H groups in total. The zero-order chi connectivity index (χ0) is 22.2. The number of hydrogen-bond acceptors (Lipinski definition) is 5. The summed E-state index contributed by atoms with van der Waals surface area (Å²) in [5.74, 6) is 0.276. The summed E-state index contributed by atoms with van der Waals surface area (Å²) < 4.78 is 1.78. The Morgan fingerprint density at radius 3 is 2.55 bits per heavy atom. The van der Waals surface area contributed by atoms with E-state index in [0.29, 0.717) is 28.2 Å². The number of aromatic nitrogens is 3. The van der Waals surface area contributed by atoms with Crippen molar-refractivity contribution in [1.29, 1.82) is 0 Å². The van der Waals surface area contributed by atoms with Crippen LogP contribution in [0.15, 0.2) is 66.3 Å². The average molecular weight is 456 g/mol. The first kappa shape index (κ1) is 22.6. The second kappa shape index (κ2) is 10.8. The number of nitrogens with one attached hydrogen (secondary N) is 2. The minimum atomic E-state index is -0.194. The van der Waals surface area contributed by atoms with Crippen LogP contribution in [0.2, 0.25) is 5.02 Å². The molecule has 0 aliphatic rings. The van der Waals surface area contributed by atoms with Gasteiger partial charge in [0.15, 0.2) is 5.16 Å². The first-order valence-electron chi connectivity index (χ1n) is 9.52. The van der Waals surface area contributed by atoms with Crippen LogP contribution in [0.5, 0.6) is 0 Å². The molecule has 0 aliphatic heterocycles. The molecule has 2 aromatic carbocycles. The van der Waals surface area contributed by atoms with Gasteiger partial charge in [-0.25, -0.2) is 0 Å². The average Bonchev–Trinajstić information content (AvgIpc) is 3.10. The standard InChI is InChI=1S/C22H22ClN5O2S/c1-3-11-28-19(13-20(29)25-18-6-4-5-15(2)12-18)26-27-22(28)31-14-21(30)24-17-9-7-16(23)8-10-17/h3-10,12H,1,11,13-14H2,2H3,(H,24,30)(H,25,29). The molecule has 31 heavy (non-hydrogen) atoms. The summed E-state index contributed by atoms with van der Waals surface area (Å²) in [5, 5.41) is 15.1. The van der Waals surface area contributed by atoms with Crippen molar-refractivity contribution in [2.75, 3.05) is 16.4 Å². The van der Waals surface area contributed by atoms with Gasteiger partial charge >= 0.3 is 0 Å². The zero-order valence-corrected chi connectivity index (χ0v) is 18.5. The van der Waals surface area contributed by atoms with E-state index in [-0.39, 0.29) is 24.0 Å². The molecule has 7 nitrogen and oxygen atoms in total. The maximum absolute atomic E-state index is 12.5. The maximum atomic E-state index is 12.5. The third kappa shape index (κ3) is 6.70. The van der Waals surface area contributed by atoms with Crippen molar-refractivity contribution < 1.29 is 9.59 Å². The number of nitrogens with zero attached hydrogens (tertiary/aromatic N) is 3. The van der Waals surface area contributed by atoms with E-state index < -0.39 is 0 Å². The van der Waals surface area contributed by atoms with Crippen LogP contribution in [0.3, 0.4) is 0 Å². The van der Waals surface area contributed by atoms with Gasteiger partial charge < -0.3 is 15.2 Å². The molecule has 0 aliphatic carbocycles. The molecule has 0 saturated heterocycles. The number of benzene rings is 2. The predicted molar refractivity (Wildman–Crippen MR) is 125 cm³/mol. The molecular formula is C22H22ClN5O2S. The Bertz CT molecular complexity index is 1080. The van der Waals surface area contributed by atoms with Crippen molar-refractivity contribution in [3.63, 3.8) is 0 Å². The Hall–Kier alpha value is -3.10. The molecule has 3 rings (SSSR count). The summed E-state index contributed by atoms with van der Waals surface area (Å²) in [7, 11) is 0. The topological polar surface area (TPSA) is 88.9 Å². The van der Waals surface area contributed by atoms with Crippen molar-refractivity contribution in [3.05, 3.63) is 77.6 Å². The first-order chi connectivity index (χ1) is 14.9. The van der Waals surface area contributed by atoms with Crippen LogP contribution in [-0.2, 0) is 22.6 Å². The van der Waals surface area contributed by atoms with Gasteiger partial charge in [-0.15, -0.1) is 16.8 Å². The van der Waals surface area contributed by atoms with Gasteiger partial charge in [-0.3, -0.25) is 9.59 Å². The van der Waals surface area contributed by atoms with Crippen molar-refractivity contribution in [1.82, 2.24) is 14.8 Å². The molecule has 0 atom stereocenters. The van der Waals surface area contributed by atoms with Crippen LogP contribution < -0.4 is 10.6 Å². The summed E-state index contributed by atoms with van der Waals surface area (Å²) in [4.78, 5) is 24.7. The fourth-order valence-corrected chi connectivity index (χ4v) is 3.69. The van der Waals surface area contributed by atoms with Gasteiger partial charge in [0.2, 0.25) is 11.8 Å².